The van der Waals surface area contributed by atoms with Crippen LogP contribution in [0, 0.1) is 13.8 Å². The van der Waals surface area contributed by atoms with E-state index in [0.717, 1.165) is 35.3 Å². The topological polar surface area (TPSA) is 37.8 Å². The van der Waals surface area contributed by atoms with Gasteiger partial charge < -0.3 is 0 Å². The lowest BCUT2D eigenvalue weighted by atomic mass is 10.0. The van der Waals surface area contributed by atoms with Gasteiger partial charge in [-0.25, -0.2) is 4.68 Å². The standard InChI is InChI=1S/C20H22N2O/c1-4-7-18-19(17-9-6-5-8-15(17)3)21-22(20(18)23)16-12-10-14(2)11-13-16/h5-6,8-13,21H,4,7H2,1-3H3. The lowest BCUT2D eigenvalue weighted by Gasteiger charge is -2.06. The van der Waals surface area contributed by atoms with Gasteiger partial charge in [-0.2, -0.15) is 0 Å². The number of hydrogen-bond donors (Lipinski definition) is 1. The molecule has 0 spiro atoms. The molecule has 0 atom stereocenters. The highest BCUT2D eigenvalue weighted by molar-refractivity contribution is 5.66. The second kappa shape index (κ2) is 6.29. The third-order valence-corrected chi connectivity index (χ3v) is 4.19. The molecule has 0 saturated carbocycles. The Morgan fingerprint density at radius 1 is 1.00 bits per heavy atom. The van der Waals surface area contributed by atoms with Gasteiger partial charge in [-0.1, -0.05) is 55.3 Å². The Bertz CT molecular complexity index is 869. The summed E-state index contributed by atoms with van der Waals surface area (Å²) in [7, 11) is 0. The SMILES string of the molecule is CCCc1c(-c2ccccc2C)[nH]n(-c2ccc(C)cc2)c1=O. The van der Waals surface area contributed by atoms with Gasteiger partial charge in [0, 0.05) is 11.1 Å². The van der Waals surface area contributed by atoms with Gasteiger partial charge >= 0.3 is 0 Å². The minimum Gasteiger partial charge on any atom is -0.290 e. The number of H-pyrrole nitrogens is 1. The Labute approximate surface area is 136 Å². The van der Waals surface area contributed by atoms with E-state index in [0.29, 0.717) is 0 Å². The molecule has 118 valence electrons. The number of aromatic amines is 1. The Hall–Kier alpha value is -2.55. The maximum absolute atomic E-state index is 12.9. The summed E-state index contributed by atoms with van der Waals surface area (Å²) in [6.07, 6.45) is 1.72. The number of aryl methyl sites for hydroxylation is 2. The van der Waals surface area contributed by atoms with Crippen LogP contribution < -0.4 is 5.56 Å². The Balaban J connectivity index is 2.21. The average molecular weight is 306 g/mol. The van der Waals surface area contributed by atoms with E-state index in [4.69, 9.17) is 0 Å². The molecular weight excluding hydrogens is 284 g/mol. The van der Waals surface area contributed by atoms with Gasteiger partial charge in [0.25, 0.3) is 5.56 Å². The van der Waals surface area contributed by atoms with Crippen LogP contribution in [0.15, 0.2) is 53.3 Å². The van der Waals surface area contributed by atoms with E-state index in [1.807, 2.05) is 43.3 Å². The Morgan fingerprint density at radius 2 is 1.70 bits per heavy atom. The first-order valence-electron chi connectivity index (χ1n) is 8.08. The van der Waals surface area contributed by atoms with Gasteiger partial charge in [-0.05, 0) is 38.0 Å². The van der Waals surface area contributed by atoms with Crippen molar-refractivity contribution in [2.75, 3.05) is 0 Å². The summed E-state index contributed by atoms with van der Waals surface area (Å²) in [5, 5.41) is 3.33. The predicted octanol–water partition coefficient (Wildman–Crippen LogP) is 4.40. The van der Waals surface area contributed by atoms with Crippen molar-refractivity contribution in [2.24, 2.45) is 0 Å². The highest BCUT2D eigenvalue weighted by Crippen LogP contribution is 2.25. The molecule has 3 aromatic rings. The van der Waals surface area contributed by atoms with Crippen molar-refractivity contribution >= 4 is 0 Å². The van der Waals surface area contributed by atoms with Crippen LogP contribution in [-0.2, 0) is 6.42 Å². The van der Waals surface area contributed by atoms with Gasteiger partial charge in [0.05, 0.1) is 11.4 Å². The molecular formula is C20H22N2O. The molecule has 3 nitrogen and oxygen atoms in total. The summed E-state index contributed by atoms with van der Waals surface area (Å²) < 4.78 is 1.66. The van der Waals surface area contributed by atoms with Crippen molar-refractivity contribution in [3.8, 4) is 16.9 Å². The monoisotopic (exact) mass is 306 g/mol. The number of nitrogens with zero attached hydrogens (tertiary/aromatic N) is 1. The third kappa shape index (κ3) is 2.87. The Kier molecular flexibility index (Phi) is 4.20. The smallest absolute Gasteiger partial charge is 0.275 e. The Morgan fingerprint density at radius 3 is 2.35 bits per heavy atom. The summed E-state index contributed by atoms with van der Waals surface area (Å²) in [4.78, 5) is 12.9. The van der Waals surface area contributed by atoms with Crippen molar-refractivity contribution in [3.63, 3.8) is 0 Å². The lowest BCUT2D eigenvalue weighted by Crippen LogP contribution is -2.17. The van der Waals surface area contributed by atoms with Crippen LogP contribution in [-0.4, -0.2) is 9.78 Å². The largest absolute Gasteiger partial charge is 0.290 e. The van der Waals surface area contributed by atoms with Gasteiger partial charge in [0.1, 0.15) is 0 Å². The second-order valence-corrected chi connectivity index (χ2v) is 6.01. The summed E-state index contributed by atoms with van der Waals surface area (Å²) in [6, 6.07) is 16.2. The number of nitrogens with one attached hydrogen (secondary N) is 1. The van der Waals surface area contributed by atoms with Crippen molar-refractivity contribution in [1.29, 1.82) is 0 Å². The molecule has 3 heteroatoms. The van der Waals surface area contributed by atoms with Crippen molar-refractivity contribution in [3.05, 3.63) is 75.6 Å². The van der Waals surface area contributed by atoms with Gasteiger partial charge in [-0.15, -0.1) is 0 Å². The van der Waals surface area contributed by atoms with Crippen LogP contribution in [0.3, 0.4) is 0 Å². The minimum atomic E-state index is 0.0500. The summed E-state index contributed by atoms with van der Waals surface area (Å²) in [5.74, 6) is 0. The second-order valence-electron chi connectivity index (χ2n) is 6.01. The van der Waals surface area contributed by atoms with E-state index in [1.165, 1.54) is 11.1 Å². The molecule has 2 aromatic carbocycles. The zero-order valence-corrected chi connectivity index (χ0v) is 13.9. The lowest BCUT2D eigenvalue weighted by molar-refractivity contribution is 0.842. The first kappa shape index (κ1) is 15.3. The molecule has 0 radical (unpaired) electrons. The maximum Gasteiger partial charge on any atom is 0.275 e. The molecule has 0 unspecified atom stereocenters. The molecule has 1 N–H and O–H groups in total. The van der Waals surface area contributed by atoms with Crippen LogP contribution in [0.1, 0.15) is 30.0 Å². The molecule has 23 heavy (non-hydrogen) atoms. The first-order valence-corrected chi connectivity index (χ1v) is 8.08. The zero-order valence-electron chi connectivity index (χ0n) is 13.9. The fourth-order valence-electron chi connectivity index (χ4n) is 2.91. The molecule has 3 rings (SSSR count). The first-order chi connectivity index (χ1) is 11.1. The molecule has 0 fully saturated rings. The van der Waals surface area contributed by atoms with Crippen LogP contribution in [0.4, 0.5) is 0 Å². The minimum absolute atomic E-state index is 0.0500. The van der Waals surface area contributed by atoms with E-state index in [-0.39, 0.29) is 5.56 Å². The van der Waals surface area contributed by atoms with Crippen LogP contribution in [0.2, 0.25) is 0 Å². The number of hydrogen-bond acceptors (Lipinski definition) is 1. The average Bonchev–Trinajstić information content (AvgIpc) is 2.86. The van der Waals surface area contributed by atoms with Crippen LogP contribution in [0.5, 0.6) is 0 Å². The van der Waals surface area contributed by atoms with Crippen molar-refractivity contribution < 1.29 is 0 Å². The van der Waals surface area contributed by atoms with Gasteiger partial charge in [0.15, 0.2) is 0 Å². The maximum atomic E-state index is 12.9. The molecule has 0 aliphatic heterocycles. The number of benzene rings is 2. The third-order valence-electron chi connectivity index (χ3n) is 4.19. The highest BCUT2D eigenvalue weighted by atomic mass is 16.1. The summed E-state index contributed by atoms with van der Waals surface area (Å²) in [6.45, 7) is 6.22. The number of aromatic nitrogens is 2. The molecule has 0 bridgehead atoms. The van der Waals surface area contributed by atoms with Crippen molar-refractivity contribution in [2.45, 2.75) is 33.6 Å². The molecule has 0 saturated heterocycles. The van der Waals surface area contributed by atoms with Crippen molar-refractivity contribution in [1.82, 2.24) is 9.78 Å². The van der Waals surface area contributed by atoms with Crippen LogP contribution >= 0.6 is 0 Å². The fraction of sp³-hybridized carbons (Fsp3) is 0.250. The summed E-state index contributed by atoms with van der Waals surface area (Å²) in [5.41, 5.74) is 6.17. The molecule has 0 aliphatic rings. The highest BCUT2D eigenvalue weighted by Gasteiger charge is 2.17. The molecule has 0 amide bonds. The number of rotatable bonds is 4. The quantitative estimate of drug-likeness (QED) is 0.762. The molecule has 1 aromatic heterocycles. The van der Waals surface area contributed by atoms with Gasteiger partial charge in [-0.3, -0.25) is 9.89 Å². The van der Waals surface area contributed by atoms with E-state index in [2.05, 4.69) is 31.1 Å². The van der Waals surface area contributed by atoms with Crippen LogP contribution in [0.25, 0.3) is 16.9 Å². The predicted molar refractivity (Wildman–Crippen MR) is 95.3 cm³/mol. The fourth-order valence-corrected chi connectivity index (χ4v) is 2.91. The van der Waals surface area contributed by atoms with Gasteiger partial charge in [0.2, 0.25) is 0 Å². The normalized spacial score (nSPS) is 10.9. The van der Waals surface area contributed by atoms with E-state index in [1.54, 1.807) is 4.68 Å². The van der Waals surface area contributed by atoms with E-state index < -0.39 is 0 Å². The van der Waals surface area contributed by atoms with E-state index >= 15 is 0 Å². The molecule has 1 heterocycles. The van der Waals surface area contributed by atoms with E-state index in [9.17, 15) is 4.79 Å². The summed E-state index contributed by atoms with van der Waals surface area (Å²) >= 11 is 0. The molecule has 0 aliphatic carbocycles. The zero-order chi connectivity index (χ0) is 16.4.